The fourth-order valence-electron chi connectivity index (χ4n) is 2.87. The number of carbonyl (C=O) groups is 1. The summed E-state index contributed by atoms with van der Waals surface area (Å²) in [6, 6.07) is 7.92. The molecular formula is C19H20F3N3O2. The number of rotatable bonds is 3. The summed E-state index contributed by atoms with van der Waals surface area (Å²) in [5, 5.41) is 2.53. The summed E-state index contributed by atoms with van der Waals surface area (Å²) in [4.78, 5) is 18.1. The number of hydrogen-bond donors (Lipinski definition) is 1. The second kappa shape index (κ2) is 7.85. The van der Waals surface area contributed by atoms with Crippen LogP contribution in [-0.2, 0) is 6.18 Å². The van der Waals surface area contributed by atoms with Crippen LogP contribution in [0.15, 0.2) is 42.6 Å². The number of pyridine rings is 1. The molecule has 0 bridgehead atoms. The first kappa shape index (κ1) is 19.0. The minimum atomic E-state index is -4.44. The van der Waals surface area contributed by atoms with Crippen LogP contribution in [0.4, 0.5) is 23.7 Å². The molecule has 8 heteroatoms. The Morgan fingerprint density at radius 3 is 2.59 bits per heavy atom. The quantitative estimate of drug-likeness (QED) is 0.855. The summed E-state index contributed by atoms with van der Waals surface area (Å²) in [5.74, 6) is 0.687. The lowest BCUT2D eigenvalue weighted by atomic mass is 10.1. The number of alkyl halides is 3. The number of halogens is 3. The van der Waals surface area contributed by atoms with E-state index < -0.39 is 17.8 Å². The predicted molar refractivity (Wildman–Crippen MR) is 94.7 cm³/mol. The van der Waals surface area contributed by atoms with Gasteiger partial charge in [0, 0.05) is 37.3 Å². The normalized spacial score (nSPS) is 15.5. The number of ether oxygens (including phenoxy) is 1. The molecule has 27 heavy (non-hydrogen) atoms. The summed E-state index contributed by atoms with van der Waals surface area (Å²) in [6.45, 7) is 2.83. The van der Waals surface area contributed by atoms with Crippen LogP contribution in [0.2, 0.25) is 0 Å². The van der Waals surface area contributed by atoms with E-state index >= 15 is 0 Å². The number of nitrogens with zero attached hydrogens (tertiary/aromatic N) is 2. The third-order valence-electron chi connectivity index (χ3n) is 4.36. The number of aromatic nitrogens is 1. The van der Waals surface area contributed by atoms with E-state index in [4.69, 9.17) is 4.74 Å². The van der Waals surface area contributed by atoms with Gasteiger partial charge in [0.05, 0.1) is 11.8 Å². The lowest BCUT2D eigenvalue weighted by molar-refractivity contribution is -0.137. The maximum absolute atomic E-state index is 12.8. The number of anilines is 1. The molecule has 1 aromatic carbocycles. The molecule has 0 aliphatic carbocycles. The van der Waals surface area contributed by atoms with Crippen molar-refractivity contribution in [3.63, 3.8) is 0 Å². The fourth-order valence-corrected chi connectivity index (χ4v) is 2.87. The molecule has 3 rings (SSSR count). The molecule has 1 aromatic heterocycles. The highest BCUT2D eigenvalue weighted by atomic mass is 19.4. The highest BCUT2D eigenvalue weighted by molar-refractivity contribution is 5.89. The van der Waals surface area contributed by atoms with Gasteiger partial charge in [-0.1, -0.05) is 6.07 Å². The summed E-state index contributed by atoms with van der Waals surface area (Å²) >= 11 is 0. The second-order valence-corrected chi connectivity index (χ2v) is 6.45. The molecule has 2 amide bonds. The summed E-state index contributed by atoms with van der Waals surface area (Å²) < 4.78 is 44.2. The Balaban J connectivity index is 1.52. The van der Waals surface area contributed by atoms with Gasteiger partial charge in [-0.3, -0.25) is 4.98 Å². The van der Waals surface area contributed by atoms with Gasteiger partial charge in [-0.25, -0.2) is 4.79 Å². The molecule has 2 heterocycles. The maximum Gasteiger partial charge on any atom is 0.416 e. The number of carbonyl (C=O) groups excluding carboxylic acids is 1. The van der Waals surface area contributed by atoms with Crippen molar-refractivity contribution in [1.29, 1.82) is 0 Å². The van der Waals surface area contributed by atoms with Crippen molar-refractivity contribution >= 4 is 11.7 Å². The SMILES string of the molecule is Cc1ccc(OC2CCN(C(=O)Nc3cccc(C(F)(F)F)c3)CC2)cn1. The molecule has 1 N–H and O–H groups in total. The number of urea groups is 1. The molecule has 1 aliphatic heterocycles. The van der Waals surface area contributed by atoms with Crippen LogP contribution in [0.1, 0.15) is 24.1 Å². The van der Waals surface area contributed by atoms with E-state index in [1.807, 2.05) is 19.1 Å². The molecular weight excluding hydrogens is 359 g/mol. The zero-order valence-electron chi connectivity index (χ0n) is 14.8. The Bertz CT molecular complexity index is 786. The van der Waals surface area contributed by atoms with E-state index in [9.17, 15) is 18.0 Å². The Labute approximate surface area is 155 Å². The molecule has 1 saturated heterocycles. The van der Waals surface area contributed by atoms with Gasteiger partial charge in [-0.05, 0) is 37.3 Å². The first-order valence-electron chi connectivity index (χ1n) is 8.64. The van der Waals surface area contributed by atoms with Gasteiger partial charge in [-0.2, -0.15) is 13.2 Å². The van der Waals surface area contributed by atoms with Gasteiger partial charge in [0.1, 0.15) is 11.9 Å². The van der Waals surface area contributed by atoms with Crippen LogP contribution in [0.5, 0.6) is 5.75 Å². The third kappa shape index (κ3) is 5.12. The zero-order valence-corrected chi connectivity index (χ0v) is 14.8. The summed E-state index contributed by atoms with van der Waals surface area (Å²) in [6.07, 6.45) is -1.51. The van der Waals surface area contributed by atoms with Crippen LogP contribution in [-0.4, -0.2) is 35.1 Å². The minimum Gasteiger partial charge on any atom is -0.489 e. The summed E-state index contributed by atoms with van der Waals surface area (Å²) in [7, 11) is 0. The van der Waals surface area contributed by atoms with Gasteiger partial charge in [0.2, 0.25) is 0 Å². The van der Waals surface area contributed by atoms with Crippen LogP contribution >= 0.6 is 0 Å². The fraction of sp³-hybridized carbons (Fsp3) is 0.368. The monoisotopic (exact) mass is 379 g/mol. The van der Waals surface area contributed by atoms with E-state index in [0.717, 1.165) is 17.8 Å². The average molecular weight is 379 g/mol. The Hall–Kier alpha value is -2.77. The highest BCUT2D eigenvalue weighted by Gasteiger charge is 2.31. The highest BCUT2D eigenvalue weighted by Crippen LogP contribution is 2.30. The van der Waals surface area contributed by atoms with Crippen LogP contribution in [0.3, 0.4) is 0 Å². The predicted octanol–water partition coefficient (Wildman–Crippen LogP) is 4.48. The minimum absolute atomic E-state index is 0.0212. The van der Waals surface area contributed by atoms with Gasteiger partial charge in [-0.15, -0.1) is 0 Å². The number of benzene rings is 1. The molecule has 0 atom stereocenters. The summed E-state index contributed by atoms with van der Waals surface area (Å²) in [5.41, 5.74) is 0.237. The van der Waals surface area contributed by atoms with Crippen LogP contribution in [0, 0.1) is 6.92 Å². The van der Waals surface area contributed by atoms with E-state index in [0.29, 0.717) is 31.7 Å². The zero-order chi connectivity index (χ0) is 19.4. The maximum atomic E-state index is 12.8. The van der Waals surface area contributed by atoms with E-state index in [1.54, 1.807) is 11.1 Å². The molecule has 2 aromatic rings. The standard InChI is InChI=1S/C19H20F3N3O2/c1-13-5-6-17(12-23-13)27-16-7-9-25(10-8-16)18(26)24-15-4-2-3-14(11-15)19(20,21)22/h2-6,11-12,16H,7-10H2,1H3,(H,24,26). The van der Waals surface area contributed by atoms with Crippen LogP contribution < -0.4 is 10.1 Å². The number of amides is 2. The van der Waals surface area contributed by atoms with Gasteiger partial charge in [0.15, 0.2) is 0 Å². The van der Waals surface area contributed by atoms with Crippen molar-refractivity contribution in [2.24, 2.45) is 0 Å². The molecule has 0 unspecified atom stereocenters. The Morgan fingerprint density at radius 1 is 1.22 bits per heavy atom. The molecule has 1 fully saturated rings. The Kier molecular flexibility index (Phi) is 5.53. The van der Waals surface area contributed by atoms with Crippen molar-refractivity contribution in [3.05, 3.63) is 53.9 Å². The average Bonchev–Trinajstić information content (AvgIpc) is 2.64. The second-order valence-electron chi connectivity index (χ2n) is 6.45. The first-order valence-corrected chi connectivity index (χ1v) is 8.64. The van der Waals surface area contributed by atoms with Gasteiger partial charge in [0.25, 0.3) is 0 Å². The molecule has 5 nitrogen and oxygen atoms in total. The first-order chi connectivity index (χ1) is 12.8. The van der Waals surface area contributed by atoms with E-state index in [1.165, 1.54) is 12.1 Å². The van der Waals surface area contributed by atoms with Crippen LogP contribution in [0.25, 0.3) is 0 Å². The van der Waals surface area contributed by atoms with E-state index in [2.05, 4.69) is 10.3 Å². The number of nitrogens with one attached hydrogen (secondary N) is 1. The van der Waals surface area contributed by atoms with Crippen molar-refractivity contribution in [2.75, 3.05) is 18.4 Å². The lowest BCUT2D eigenvalue weighted by Gasteiger charge is -2.32. The van der Waals surface area contributed by atoms with Crippen molar-refractivity contribution < 1.29 is 22.7 Å². The van der Waals surface area contributed by atoms with Crippen molar-refractivity contribution in [2.45, 2.75) is 32.0 Å². The largest absolute Gasteiger partial charge is 0.489 e. The Morgan fingerprint density at radius 2 is 1.96 bits per heavy atom. The van der Waals surface area contributed by atoms with Gasteiger partial charge < -0.3 is 15.0 Å². The molecule has 0 spiro atoms. The topological polar surface area (TPSA) is 54.5 Å². The number of likely N-dealkylation sites (tertiary alicyclic amines) is 1. The molecule has 1 aliphatic rings. The van der Waals surface area contributed by atoms with Gasteiger partial charge >= 0.3 is 12.2 Å². The van der Waals surface area contributed by atoms with Crippen molar-refractivity contribution in [1.82, 2.24) is 9.88 Å². The lowest BCUT2D eigenvalue weighted by Crippen LogP contribution is -2.43. The molecule has 144 valence electrons. The third-order valence-corrected chi connectivity index (χ3v) is 4.36. The number of hydrogen-bond acceptors (Lipinski definition) is 3. The molecule has 0 saturated carbocycles. The molecule has 0 radical (unpaired) electrons. The smallest absolute Gasteiger partial charge is 0.416 e. The number of piperidine rings is 1. The van der Waals surface area contributed by atoms with Crippen molar-refractivity contribution in [3.8, 4) is 5.75 Å². The van der Waals surface area contributed by atoms with E-state index in [-0.39, 0.29) is 11.8 Å². The number of aryl methyl sites for hydroxylation is 1.